The Morgan fingerprint density at radius 2 is 0.690 bits per heavy atom. The molecule has 0 amide bonds. The van der Waals surface area contributed by atoms with Gasteiger partial charge in [-0.2, -0.15) is 0 Å². The molecule has 8 aliphatic carbocycles. The largest absolute Gasteiger partial charge is 0.310 e. The molecule has 0 heterocycles. The number of fused-ring (bicyclic) bond motifs is 16. The third-order valence-corrected chi connectivity index (χ3v) is 23.5. The van der Waals surface area contributed by atoms with Gasteiger partial charge in [0.15, 0.2) is 0 Å². The van der Waals surface area contributed by atoms with Gasteiger partial charge in [-0.15, -0.1) is 0 Å². The second-order valence-corrected chi connectivity index (χ2v) is 28.9. The molecule has 1 spiro atoms. The number of hydrogen-bond donors (Lipinski definition) is 0. The topological polar surface area (TPSA) is 6.48 Å². The van der Waals surface area contributed by atoms with Crippen LogP contribution < -0.4 is 9.80 Å². The van der Waals surface area contributed by atoms with Gasteiger partial charge in [-0.1, -0.05) is 193 Å². The molecule has 0 radical (unpaired) electrons. The van der Waals surface area contributed by atoms with E-state index in [1.807, 2.05) is 0 Å². The van der Waals surface area contributed by atoms with E-state index in [0.717, 1.165) is 11.8 Å². The van der Waals surface area contributed by atoms with E-state index in [-0.39, 0.29) is 21.7 Å². The van der Waals surface area contributed by atoms with Crippen molar-refractivity contribution in [1.29, 1.82) is 0 Å². The summed E-state index contributed by atoms with van der Waals surface area (Å²) in [4.78, 5) is 5.26. The van der Waals surface area contributed by atoms with Crippen molar-refractivity contribution in [3.05, 3.63) is 275 Å². The quantitative estimate of drug-likeness (QED) is 0.164. The van der Waals surface area contributed by atoms with Gasteiger partial charge in [0, 0.05) is 50.1 Å². The first kappa shape index (κ1) is 50.2. The van der Waals surface area contributed by atoms with Gasteiger partial charge in [0.25, 0.3) is 0 Å². The first-order valence-electron chi connectivity index (χ1n) is 32.3. The van der Waals surface area contributed by atoms with Gasteiger partial charge >= 0.3 is 0 Å². The Kier molecular flexibility index (Phi) is 10.0. The van der Waals surface area contributed by atoms with Crippen molar-refractivity contribution < 1.29 is 0 Å². The lowest BCUT2D eigenvalue weighted by molar-refractivity contribution is -0.0398. The minimum absolute atomic E-state index is 0.129. The summed E-state index contributed by atoms with van der Waals surface area (Å²) in [5, 5.41) is 7.65. The Bertz CT molecular complexity index is 4980. The summed E-state index contributed by atoms with van der Waals surface area (Å²) in [6, 6.07) is 90.1. The SMILES string of the molecule is CC1(C)c2ccccc2-c2ccc(N(c3ccc4ccccc4c3)c3ccc4cc5c(cc4c3)C3(c4cc(N(c6ccc7c(c6)C(C)(C)c6ccccc6-7)c6ccc7ccccc7c6)c6c(c4-5)-c4ccccc4C6(C)C)C4CC5CC(C4)CC3C5)cc21. The molecule has 8 aliphatic rings. The van der Waals surface area contributed by atoms with Gasteiger partial charge in [-0.3, -0.25) is 0 Å². The Labute approximate surface area is 511 Å². The minimum Gasteiger partial charge on any atom is -0.310 e. The van der Waals surface area contributed by atoms with Gasteiger partial charge in [0.05, 0.1) is 5.69 Å². The molecule has 2 heteroatoms. The van der Waals surface area contributed by atoms with Crippen molar-refractivity contribution in [2.75, 3.05) is 9.80 Å². The summed E-state index contributed by atoms with van der Waals surface area (Å²) >= 11 is 0. The summed E-state index contributed by atoms with van der Waals surface area (Å²) in [6.07, 6.45) is 6.64. The molecule has 0 aromatic heterocycles. The molecule has 4 saturated carbocycles. The Morgan fingerprint density at radius 3 is 1.25 bits per heavy atom. The van der Waals surface area contributed by atoms with Gasteiger partial charge in [-0.25, -0.2) is 0 Å². The van der Waals surface area contributed by atoms with Crippen LogP contribution in [-0.2, 0) is 21.7 Å². The van der Waals surface area contributed by atoms with E-state index >= 15 is 0 Å². The fourth-order valence-electron chi connectivity index (χ4n) is 19.8. The van der Waals surface area contributed by atoms with E-state index in [4.69, 9.17) is 0 Å². The molecule has 0 unspecified atom stereocenters. The molecule has 0 saturated heterocycles. The zero-order valence-corrected chi connectivity index (χ0v) is 50.7. The third-order valence-electron chi connectivity index (χ3n) is 23.5. The van der Waals surface area contributed by atoms with Crippen LogP contribution in [0.5, 0.6) is 0 Å². The van der Waals surface area contributed by atoms with Gasteiger partial charge in [0.1, 0.15) is 0 Å². The van der Waals surface area contributed by atoms with E-state index in [9.17, 15) is 0 Å². The molecule has 0 atom stereocenters. The van der Waals surface area contributed by atoms with Gasteiger partial charge in [0.2, 0.25) is 0 Å². The zero-order chi connectivity index (χ0) is 58.0. The molecule has 20 rings (SSSR count). The number of benzene rings is 12. The summed E-state index contributed by atoms with van der Waals surface area (Å²) < 4.78 is 0. The van der Waals surface area contributed by atoms with Crippen molar-refractivity contribution in [2.24, 2.45) is 23.7 Å². The summed E-state index contributed by atoms with van der Waals surface area (Å²) in [6.45, 7) is 14.7. The maximum Gasteiger partial charge on any atom is 0.0512 e. The second-order valence-electron chi connectivity index (χ2n) is 28.9. The lowest BCUT2D eigenvalue weighted by Crippen LogP contribution is -2.55. The fraction of sp³-hybridized carbons (Fsp3) is 0.224. The van der Waals surface area contributed by atoms with Crippen molar-refractivity contribution in [2.45, 2.75) is 95.3 Å². The van der Waals surface area contributed by atoms with Crippen molar-refractivity contribution in [1.82, 2.24) is 0 Å². The average Bonchev–Trinajstić information content (AvgIpc) is 1.53. The van der Waals surface area contributed by atoms with Gasteiger partial charge < -0.3 is 9.80 Å². The minimum atomic E-state index is -0.300. The Hall–Kier alpha value is -8.98. The third kappa shape index (κ3) is 6.67. The number of anilines is 6. The van der Waals surface area contributed by atoms with Crippen LogP contribution in [0.1, 0.15) is 118 Å². The van der Waals surface area contributed by atoms with Crippen molar-refractivity contribution >= 4 is 66.4 Å². The lowest BCUT2D eigenvalue weighted by Gasteiger charge is -2.61. The lowest BCUT2D eigenvalue weighted by atomic mass is 9.43. The number of rotatable bonds is 6. The number of hydrogen-bond acceptors (Lipinski definition) is 2. The predicted molar refractivity (Wildman–Crippen MR) is 364 cm³/mol. The molecule has 4 bridgehead atoms. The summed E-state index contributed by atoms with van der Waals surface area (Å²) in [5.74, 6) is 2.73. The van der Waals surface area contributed by atoms with Crippen LogP contribution in [0.15, 0.2) is 231 Å². The highest BCUT2D eigenvalue weighted by Gasteiger charge is 2.63. The molecular formula is C85H70N2. The van der Waals surface area contributed by atoms with Crippen LogP contribution in [0.3, 0.4) is 0 Å². The van der Waals surface area contributed by atoms with Crippen LogP contribution in [0, 0.1) is 23.7 Å². The molecule has 420 valence electrons. The van der Waals surface area contributed by atoms with E-state index < -0.39 is 0 Å². The second kappa shape index (κ2) is 17.4. The predicted octanol–water partition coefficient (Wildman–Crippen LogP) is 22.7. The van der Waals surface area contributed by atoms with E-state index in [1.165, 1.54) is 176 Å². The first-order chi connectivity index (χ1) is 42.3. The molecule has 12 aromatic rings. The van der Waals surface area contributed by atoms with Crippen LogP contribution in [-0.4, -0.2) is 0 Å². The molecule has 12 aromatic carbocycles. The molecule has 4 fully saturated rings. The molecule has 0 aliphatic heterocycles. The summed E-state index contributed by atoms with van der Waals surface area (Å²) in [7, 11) is 0. The zero-order valence-electron chi connectivity index (χ0n) is 50.7. The standard InChI is InChI=1S/C85H70N2/c1-82(2)71-24-14-11-21-65(71)67-35-33-63(47-74(67)82)86(60-30-27-52-17-7-9-19-54(52)42-60)61-32-29-56-45-70-76(46-57(56)44-61)85(58-38-50-37-51(40-58)41-59(85)39-50)77-49-78(81-80(79(70)77)69-23-13-16-26-73(69)84(81,5)6)87(62-31-28-53-18-8-10-20-55(53)43-62)64-34-36-68-66-22-12-15-25-72(66)83(3,4)75(68)48-64/h7-36,42-51,58-59H,37-41H2,1-6H3. The highest BCUT2D eigenvalue weighted by molar-refractivity contribution is 6.07. The van der Waals surface area contributed by atoms with Crippen LogP contribution in [0.25, 0.3) is 76.8 Å². The Morgan fingerprint density at radius 1 is 0.276 bits per heavy atom. The van der Waals surface area contributed by atoms with Crippen molar-refractivity contribution in [3.8, 4) is 44.5 Å². The van der Waals surface area contributed by atoms with Gasteiger partial charge in [-0.05, 0) is 256 Å². The highest BCUT2D eigenvalue weighted by Crippen LogP contribution is 2.73. The summed E-state index contributed by atoms with van der Waals surface area (Å²) in [5.41, 5.74) is 29.4. The highest BCUT2D eigenvalue weighted by atomic mass is 15.2. The fourth-order valence-corrected chi connectivity index (χ4v) is 19.8. The maximum atomic E-state index is 2.82. The van der Waals surface area contributed by atoms with E-state index in [2.05, 4.69) is 282 Å². The molecular weight excluding hydrogens is 1050 g/mol. The van der Waals surface area contributed by atoms with E-state index in [0.29, 0.717) is 11.8 Å². The maximum absolute atomic E-state index is 2.82. The smallest absolute Gasteiger partial charge is 0.0512 e. The molecule has 2 nitrogen and oxygen atoms in total. The average molecular weight is 1120 g/mol. The molecule has 0 N–H and O–H groups in total. The monoisotopic (exact) mass is 1120 g/mol. The van der Waals surface area contributed by atoms with E-state index in [1.54, 1.807) is 11.1 Å². The van der Waals surface area contributed by atoms with Crippen LogP contribution in [0.2, 0.25) is 0 Å². The number of nitrogens with zero attached hydrogens (tertiary/aromatic N) is 2. The van der Waals surface area contributed by atoms with Crippen LogP contribution in [0.4, 0.5) is 34.1 Å². The van der Waals surface area contributed by atoms with Crippen LogP contribution >= 0.6 is 0 Å². The van der Waals surface area contributed by atoms with Crippen molar-refractivity contribution in [3.63, 3.8) is 0 Å². The molecule has 87 heavy (non-hydrogen) atoms. The normalized spacial score (nSPS) is 21.8. The first-order valence-corrected chi connectivity index (χ1v) is 32.3. The Balaban J connectivity index is 0.864.